The van der Waals surface area contributed by atoms with Crippen molar-refractivity contribution in [1.29, 1.82) is 0 Å². The number of ether oxygens (including phenoxy) is 1. The third-order valence-corrected chi connectivity index (χ3v) is 6.96. The molecule has 0 spiro atoms. The van der Waals surface area contributed by atoms with Crippen LogP contribution in [0.25, 0.3) is 0 Å². The Kier molecular flexibility index (Phi) is 9.14. The number of hydrogen-bond donors (Lipinski definition) is 2. The van der Waals surface area contributed by atoms with Crippen LogP contribution in [0.2, 0.25) is 0 Å². The Balaban J connectivity index is 1.78. The summed E-state index contributed by atoms with van der Waals surface area (Å²) in [4.78, 5) is 27.6. The third-order valence-electron chi connectivity index (χ3n) is 5.54. The zero-order chi connectivity index (χ0) is 24.6. The highest BCUT2D eigenvalue weighted by atomic mass is 32.2. The Bertz CT molecular complexity index is 1060. The van der Waals surface area contributed by atoms with E-state index in [1.807, 2.05) is 6.92 Å². The van der Waals surface area contributed by atoms with E-state index >= 15 is 0 Å². The molecule has 1 aliphatic heterocycles. The lowest BCUT2D eigenvalue weighted by Gasteiger charge is -2.31. The average molecular weight is 492 g/mol. The molecule has 0 bridgehead atoms. The van der Waals surface area contributed by atoms with E-state index in [4.69, 9.17) is 4.74 Å². The number of amides is 2. The van der Waals surface area contributed by atoms with E-state index in [2.05, 4.69) is 10.0 Å². The van der Waals surface area contributed by atoms with Crippen LogP contribution in [0.4, 0.5) is 10.1 Å². The van der Waals surface area contributed by atoms with Crippen LogP contribution in [0.1, 0.15) is 32.6 Å². The molecule has 1 saturated heterocycles. The number of nitrogens with one attached hydrogen (secondary N) is 2. The highest BCUT2D eigenvalue weighted by molar-refractivity contribution is 7.89. The quantitative estimate of drug-likeness (QED) is 0.503. The molecule has 3 rings (SSSR count). The Morgan fingerprint density at radius 1 is 1.15 bits per heavy atom. The van der Waals surface area contributed by atoms with E-state index in [1.165, 1.54) is 4.90 Å². The van der Waals surface area contributed by atoms with E-state index in [-0.39, 0.29) is 16.9 Å². The van der Waals surface area contributed by atoms with Gasteiger partial charge in [-0.25, -0.2) is 17.5 Å². The van der Waals surface area contributed by atoms with Crippen molar-refractivity contribution in [1.82, 2.24) is 10.0 Å². The molecule has 0 radical (unpaired) electrons. The van der Waals surface area contributed by atoms with Gasteiger partial charge in [-0.2, -0.15) is 0 Å². The fourth-order valence-electron chi connectivity index (χ4n) is 3.81. The molecule has 184 valence electrons. The molecule has 0 saturated carbocycles. The molecule has 8 nitrogen and oxygen atoms in total. The molecule has 34 heavy (non-hydrogen) atoms. The number of nitrogens with zero attached hydrogens (tertiary/aromatic N) is 1. The predicted octanol–water partition coefficient (Wildman–Crippen LogP) is 2.60. The molecule has 2 N–H and O–H groups in total. The van der Waals surface area contributed by atoms with Crippen molar-refractivity contribution in [2.24, 2.45) is 0 Å². The fourth-order valence-corrected chi connectivity index (χ4v) is 4.79. The van der Waals surface area contributed by atoms with Crippen LogP contribution in [-0.2, 0) is 24.3 Å². The van der Waals surface area contributed by atoms with Crippen LogP contribution < -0.4 is 14.9 Å². The molecule has 10 heteroatoms. The summed E-state index contributed by atoms with van der Waals surface area (Å²) >= 11 is 0. The summed E-state index contributed by atoms with van der Waals surface area (Å²) in [5.74, 6) is -1.47. The minimum absolute atomic E-state index is 0.0466. The Labute approximate surface area is 199 Å². The number of rotatable bonds is 11. The van der Waals surface area contributed by atoms with E-state index in [0.29, 0.717) is 31.7 Å². The lowest BCUT2D eigenvalue weighted by molar-refractivity contribution is -0.126. The topological polar surface area (TPSA) is 105 Å². The van der Waals surface area contributed by atoms with Gasteiger partial charge in [-0.1, -0.05) is 31.5 Å². The number of anilines is 1. The van der Waals surface area contributed by atoms with Gasteiger partial charge in [0.2, 0.25) is 21.8 Å². The Morgan fingerprint density at radius 2 is 1.85 bits per heavy atom. The number of carbonyl (C=O) groups excluding carboxylic acids is 2. The number of hydrogen-bond acceptors (Lipinski definition) is 5. The van der Waals surface area contributed by atoms with Gasteiger partial charge in [0.25, 0.3) is 0 Å². The van der Waals surface area contributed by atoms with Crippen molar-refractivity contribution < 1.29 is 27.1 Å². The lowest BCUT2D eigenvalue weighted by atomic mass is 10.1. The van der Waals surface area contributed by atoms with Gasteiger partial charge < -0.3 is 10.1 Å². The van der Waals surface area contributed by atoms with E-state index in [1.54, 1.807) is 30.3 Å². The first kappa shape index (κ1) is 25.8. The van der Waals surface area contributed by atoms with Crippen molar-refractivity contribution in [3.8, 4) is 0 Å². The van der Waals surface area contributed by atoms with Crippen LogP contribution in [0.15, 0.2) is 59.5 Å². The van der Waals surface area contributed by atoms with Crippen LogP contribution >= 0.6 is 0 Å². The summed E-state index contributed by atoms with van der Waals surface area (Å²) in [5, 5.41) is 2.89. The van der Waals surface area contributed by atoms with Crippen molar-refractivity contribution in [2.75, 3.05) is 24.6 Å². The predicted molar refractivity (Wildman–Crippen MR) is 126 cm³/mol. The summed E-state index contributed by atoms with van der Waals surface area (Å²) in [7, 11) is -4.05. The zero-order valence-electron chi connectivity index (χ0n) is 19.1. The van der Waals surface area contributed by atoms with Crippen LogP contribution in [-0.4, -0.2) is 52.1 Å². The number of para-hydroxylation sites is 1. The van der Waals surface area contributed by atoms with Gasteiger partial charge in [-0.15, -0.1) is 0 Å². The Morgan fingerprint density at radius 3 is 2.47 bits per heavy atom. The molecule has 2 amide bonds. The lowest BCUT2D eigenvalue weighted by Crippen LogP contribution is -2.53. The highest BCUT2D eigenvalue weighted by Crippen LogP contribution is 2.21. The summed E-state index contributed by atoms with van der Waals surface area (Å²) in [6, 6.07) is 12.1. The SMILES string of the molecule is CCC[C@@H](C(=O)NC[C@@H]1CCCO1)N(C(=O)CNS(=O)(=O)c1ccc(F)cc1)c1ccccc1. The largest absolute Gasteiger partial charge is 0.376 e. The normalized spacial score (nSPS) is 16.7. The Hall–Kier alpha value is -2.82. The molecule has 1 fully saturated rings. The smallest absolute Gasteiger partial charge is 0.243 e. The van der Waals surface area contributed by atoms with Crippen molar-refractivity contribution in [3.63, 3.8) is 0 Å². The van der Waals surface area contributed by atoms with Gasteiger partial charge in [-0.3, -0.25) is 14.5 Å². The van der Waals surface area contributed by atoms with Crippen molar-refractivity contribution in [2.45, 2.75) is 49.6 Å². The van der Waals surface area contributed by atoms with Gasteiger partial charge in [0, 0.05) is 18.8 Å². The first-order valence-electron chi connectivity index (χ1n) is 11.3. The number of carbonyl (C=O) groups is 2. The molecular weight excluding hydrogens is 461 g/mol. The molecule has 2 atom stereocenters. The molecule has 2 aromatic carbocycles. The number of halogens is 1. The van der Waals surface area contributed by atoms with Gasteiger partial charge in [-0.05, 0) is 55.7 Å². The maximum absolute atomic E-state index is 13.3. The zero-order valence-corrected chi connectivity index (χ0v) is 19.9. The molecule has 0 aromatic heterocycles. The van der Waals surface area contributed by atoms with Crippen molar-refractivity contribution >= 4 is 27.5 Å². The first-order valence-corrected chi connectivity index (χ1v) is 12.8. The van der Waals surface area contributed by atoms with E-state index < -0.39 is 34.3 Å². The first-order chi connectivity index (χ1) is 16.3. The molecule has 1 heterocycles. The standard InChI is InChI=1S/C24H30FN3O5S/c1-2-7-22(24(30)26-16-20-10-6-15-33-20)28(19-8-4-3-5-9-19)23(29)17-27-34(31,32)21-13-11-18(25)12-14-21/h3-5,8-9,11-14,20,22,27H,2,6-7,10,15-17H2,1H3,(H,26,30)/t20-,22-/m0/s1. The summed E-state index contributed by atoms with van der Waals surface area (Å²) in [5.41, 5.74) is 0.485. The second kappa shape index (κ2) is 12.0. The summed E-state index contributed by atoms with van der Waals surface area (Å²) in [6.45, 7) is 2.37. The average Bonchev–Trinajstić information content (AvgIpc) is 3.36. The third kappa shape index (κ3) is 6.85. The molecule has 1 aliphatic rings. The maximum Gasteiger partial charge on any atom is 0.243 e. The second-order valence-electron chi connectivity index (χ2n) is 8.06. The van der Waals surface area contributed by atoms with Crippen LogP contribution in [0.5, 0.6) is 0 Å². The minimum Gasteiger partial charge on any atom is -0.376 e. The summed E-state index contributed by atoms with van der Waals surface area (Å²) in [6.07, 6.45) is 2.79. The van der Waals surface area contributed by atoms with Gasteiger partial charge in [0.15, 0.2) is 0 Å². The molecule has 0 aliphatic carbocycles. The highest BCUT2D eigenvalue weighted by Gasteiger charge is 2.31. The number of sulfonamides is 1. The van der Waals surface area contributed by atoms with E-state index in [0.717, 1.165) is 37.1 Å². The molecule has 2 aromatic rings. The van der Waals surface area contributed by atoms with Gasteiger partial charge >= 0.3 is 0 Å². The van der Waals surface area contributed by atoms with E-state index in [9.17, 15) is 22.4 Å². The van der Waals surface area contributed by atoms with Crippen LogP contribution in [0.3, 0.4) is 0 Å². The van der Waals surface area contributed by atoms with Crippen LogP contribution in [0, 0.1) is 5.82 Å². The minimum atomic E-state index is -4.05. The second-order valence-corrected chi connectivity index (χ2v) is 9.83. The maximum atomic E-state index is 13.3. The molecule has 0 unspecified atom stereocenters. The molecular formula is C24H30FN3O5S. The van der Waals surface area contributed by atoms with Crippen molar-refractivity contribution in [3.05, 3.63) is 60.4 Å². The number of benzene rings is 2. The van der Waals surface area contributed by atoms with Gasteiger partial charge in [0.05, 0.1) is 17.5 Å². The monoisotopic (exact) mass is 491 g/mol. The fraction of sp³-hybridized carbons (Fsp3) is 0.417. The van der Waals surface area contributed by atoms with Gasteiger partial charge in [0.1, 0.15) is 11.9 Å². The summed E-state index contributed by atoms with van der Waals surface area (Å²) < 4.78 is 46.2.